The number of benzene rings is 1. The van der Waals surface area contributed by atoms with Crippen LogP contribution in [0.5, 0.6) is 0 Å². The van der Waals surface area contributed by atoms with Crippen LogP contribution in [0.15, 0.2) is 18.2 Å². The molecule has 0 spiro atoms. The Kier molecular flexibility index (Phi) is 5.13. The molecule has 1 aromatic carbocycles. The molecule has 1 N–H and O–H groups in total. The van der Waals surface area contributed by atoms with Crippen LogP contribution in [0.2, 0.25) is 0 Å². The highest BCUT2D eigenvalue weighted by Gasteiger charge is 2.19. The Bertz CT molecular complexity index is 381. The third-order valence-corrected chi connectivity index (χ3v) is 5.22. The highest BCUT2D eigenvalue weighted by atomic mass is 32.2. The molecule has 0 aromatic heterocycles. The summed E-state index contributed by atoms with van der Waals surface area (Å²) < 4.78 is 0. The molecule has 0 radical (unpaired) electrons. The zero-order chi connectivity index (χ0) is 13.0. The third kappa shape index (κ3) is 3.76. The van der Waals surface area contributed by atoms with Gasteiger partial charge in [-0.15, -0.1) is 0 Å². The summed E-state index contributed by atoms with van der Waals surface area (Å²) in [7, 11) is 0. The fourth-order valence-electron chi connectivity index (χ4n) is 2.80. The number of nitrogens with one attached hydrogen (secondary N) is 1. The lowest BCUT2D eigenvalue weighted by atomic mass is 9.94. The van der Waals surface area contributed by atoms with E-state index in [1.807, 2.05) is 11.8 Å². The van der Waals surface area contributed by atoms with Gasteiger partial charge in [-0.25, -0.2) is 0 Å². The summed E-state index contributed by atoms with van der Waals surface area (Å²) in [6, 6.07) is 7.50. The molecule has 2 rings (SSSR count). The van der Waals surface area contributed by atoms with E-state index in [9.17, 15) is 0 Å². The summed E-state index contributed by atoms with van der Waals surface area (Å²) in [5, 5.41) is 4.64. The summed E-state index contributed by atoms with van der Waals surface area (Å²) in [5.74, 6) is 0. The molecule has 1 saturated carbocycles. The van der Waals surface area contributed by atoms with Gasteiger partial charge in [0.15, 0.2) is 0 Å². The Morgan fingerprint density at radius 2 is 1.89 bits per heavy atom. The van der Waals surface area contributed by atoms with Gasteiger partial charge in [0.2, 0.25) is 0 Å². The maximum absolute atomic E-state index is 3.73. The van der Waals surface area contributed by atoms with Gasteiger partial charge in [-0.2, -0.15) is 11.8 Å². The normalized spacial score (nSPS) is 24.2. The molecular weight excluding hydrogens is 238 g/mol. The maximum atomic E-state index is 3.73. The largest absolute Gasteiger partial charge is 0.310 e. The summed E-state index contributed by atoms with van der Waals surface area (Å²) in [4.78, 5) is 0. The lowest BCUT2D eigenvalue weighted by molar-refractivity contribution is 0.378. The minimum Gasteiger partial charge on any atom is -0.310 e. The van der Waals surface area contributed by atoms with Gasteiger partial charge in [0.05, 0.1) is 0 Å². The molecule has 0 atom stereocenters. The molecule has 1 nitrogen and oxygen atoms in total. The van der Waals surface area contributed by atoms with Gasteiger partial charge in [-0.05, 0) is 56.9 Å². The van der Waals surface area contributed by atoms with Gasteiger partial charge in [-0.3, -0.25) is 0 Å². The van der Waals surface area contributed by atoms with Gasteiger partial charge in [-0.1, -0.05) is 23.8 Å². The molecule has 0 aliphatic heterocycles. The van der Waals surface area contributed by atoms with E-state index in [2.05, 4.69) is 43.6 Å². The quantitative estimate of drug-likeness (QED) is 0.879. The van der Waals surface area contributed by atoms with Gasteiger partial charge in [0.1, 0.15) is 0 Å². The summed E-state index contributed by atoms with van der Waals surface area (Å²) >= 11 is 2.04. The molecule has 100 valence electrons. The molecule has 2 heteroatoms. The van der Waals surface area contributed by atoms with Crippen LogP contribution in [0, 0.1) is 13.8 Å². The van der Waals surface area contributed by atoms with Crippen LogP contribution in [0.3, 0.4) is 0 Å². The van der Waals surface area contributed by atoms with Crippen LogP contribution >= 0.6 is 11.8 Å². The standard InChI is InChI=1S/C16H25NS/c1-12-4-5-14(13(2)10-12)11-17-15-6-8-16(18-3)9-7-15/h4-5,10,15-17H,6-9,11H2,1-3H3. The molecule has 0 bridgehead atoms. The van der Waals surface area contributed by atoms with Gasteiger partial charge < -0.3 is 5.32 Å². The van der Waals surface area contributed by atoms with E-state index in [-0.39, 0.29) is 0 Å². The Morgan fingerprint density at radius 1 is 1.17 bits per heavy atom. The van der Waals surface area contributed by atoms with Gasteiger partial charge >= 0.3 is 0 Å². The third-order valence-electron chi connectivity index (χ3n) is 4.09. The fraction of sp³-hybridized carbons (Fsp3) is 0.625. The van der Waals surface area contributed by atoms with E-state index in [1.54, 1.807) is 0 Å². The minimum atomic E-state index is 0.731. The molecule has 0 amide bonds. The predicted octanol–water partition coefficient (Wildman–Crippen LogP) is 4.07. The molecular formula is C16H25NS. The van der Waals surface area contributed by atoms with Crippen LogP contribution in [0.25, 0.3) is 0 Å². The van der Waals surface area contributed by atoms with Crippen molar-refractivity contribution in [1.29, 1.82) is 0 Å². The molecule has 0 unspecified atom stereocenters. The maximum Gasteiger partial charge on any atom is 0.0210 e. The zero-order valence-corrected chi connectivity index (χ0v) is 12.6. The minimum absolute atomic E-state index is 0.731. The Morgan fingerprint density at radius 3 is 2.50 bits per heavy atom. The highest BCUT2D eigenvalue weighted by Crippen LogP contribution is 2.27. The monoisotopic (exact) mass is 263 g/mol. The van der Waals surface area contributed by atoms with E-state index in [0.717, 1.165) is 17.8 Å². The average Bonchev–Trinajstić information content (AvgIpc) is 2.38. The topological polar surface area (TPSA) is 12.0 Å². The van der Waals surface area contributed by atoms with Crippen LogP contribution in [0.1, 0.15) is 42.4 Å². The van der Waals surface area contributed by atoms with E-state index in [0.29, 0.717) is 0 Å². The van der Waals surface area contributed by atoms with Crippen LogP contribution < -0.4 is 5.32 Å². The van der Waals surface area contributed by atoms with Crippen molar-refractivity contribution in [1.82, 2.24) is 5.32 Å². The molecule has 0 heterocycles. The number of rotatable bonds is 4. The van der Waals surface area contributed by atoms with Crippen molar-refractivity contribution in [2.24, 2.45) is 0 Å². The summed E-state index contributed by atoms with van der Waals surface area (Å²) in [6.07, 6.45) is 7.69. The first-order chi connectivity index (χ1) is 8.69. The van der Waals surface area contributed by atoms with Crippen LogP contribution in [-0.4, -0.2) is 17.5 Å². The first kappa shape index (κ1) is 14.0. The average molecular weight is 263 g/mol. The van der Waals surface area contributed by atoms with E-state index in [1.165, 1.54) is 42.4 Å². The Hall–Kier alpha value is -0.470. The van der Waals surface area contributed by atoms with Crippen molar-refractivity contribution in [2.45, 2.75) is 57.4 Å². The van der Waals surface area contributed by atoms with Crippen molar-refractivity contribution in [3.63, 3.8) is 0 Å². The Labute approximate surface area is 116 Å². The lowest BCUT2D eigenvalue weighted by Gasteiger charge is -2.28. The van der Waals surface area contributed by atoms with Crippen molar-refractivity contribution in [3.8, 4) is 0 Å². The number of aryl methyl sites for hydroxylation is 2. The number of hydrogen-bond donors (Lipinski definition) is 1. The van der Waals surface area contributed by atoms with E-state index >= 15 is 0 Å². The van der Waals surface area contributed by atoms with Gasteiger partial charge in [0.25, 0.3) is 0 Å². The fourth-order valence-corrected chi connectivity index (χ4v) is 3.54. The SMILES string of the molecule is CSC1CCC(NCc2ccc(C)cc2C)CC1. The molecule has 1 fully saturated rings. The molecule has 1 aliphatic rings. The van der Waals surface area contributed by atoms with Crippen molar-refractivity contribution >= 4 is 11.8 Å². The molecule has 1 aromatic rings. The predicted molar refractivity (Wildman–Crippen MR) is 82.3 cm³/mol. The van der Waals surface area contributed by atoms with Crippen LogP contribution in [-0.2, 0) is 6.54 Å². The number of hydrogen-bond acceptors (Lipinski definition) is 2. The molecule has 1 aliphatic carbocycles. The van der Waals surface area contributed by atoms with Crippen LogP contribution in [0.4, 0.5) is 0 Å². The van der Waals surface area contributed by atoms with E-state index in [4.69, 9.17) is 0 Å². The van der Waals surface area contributed by atoms with E-state index < -0.39 is 0 Å². The summed E-state index contributed by atoms with van der Waals surface area (Å²) in [6.45, 7) is 5.41. The lowest BCUT2D eigenvalue weighted by Crippen LogP contribution is -2.33. The first-order valence-electron chi connectivity index (χ1n) is 7.01. The second-order valence-electron chi connectivity index (χ2n) is 5.52. The summed E-state index contributed by atoms with van der Waals surface area (Å²) in [5.41, 5.74) is 4.23. The van der Waals surface area contributed by atoms with Crippen molar-refractivity contribution in [3.05, 3.63) is 34.9 Å². The van der Waals surface area contributed by atoms with Crippen molar-refractivity contribution < 1.29 is 0 Å². The second kappa shape index (κ2) is 6.63. The first-order valence-corrected chi connectivity index (χ1v) is 8.30. The second-order valence-corrected chi connectivity index (χ2v) is 6.66. The highest BCUT2D eigenvalue weighted by molar-refractivity contribution is 7.99. The molecule has 18 heavy (non-hydrogen) atoms. The van der Waals surface area contributed by atoms with Crippen molar-refractivity contribution in [2.75, 3.05) is 6.26 Å². The molecule has 0 saturated heterocycles. The zero-order valence-electron chi connectivity index (χ0n) is 11.8. The van der Waals surface area contributed by atoms with Gasteiger partial charge in [0, 0.05) is 17.8 Å². The number of thioether (sulfide) groups is 1. The smallest absolute Gasteiger partial charge is 0.0210 e. The Balaban J connectivity index is 1.81.